The first-order valence-electron chi connectivity index (χ1n) is 11.2. The Labute approximate surface area is 197 Å². The van der Waals surface area contributed by atoms with Gasteiger partial charge in [-0.25, -0.2) is 13.8 Å². The summed E-state index contributed by atoms with van der Waals surface area (Å²) < 4.78 is 30.1. The van der Waals surface area contributed by atoms with Crippen molar-refractivity contribution < 1.29 is 13.6 Å². The Hall–Kier alpha value is -3.65. The second-order valence-electron chi connectivity index (χ2n) is 8.43. The highest BCUT2D eigenvalue weighted by atomic mass is 19.1. The van der Waals surface area contributed by atoms with E-state index in [1.807, 2.05) is 43.6 Å². The Morgan fingerprint density at radius 2 is 1.97 bits per heavy atom. The number of benzene rings is 1. The van der Waals surface area contributed by atoms with Crippen LogP contribution in [0.25, 0.3) is 11.1 Å². The van der Waals surface area contributed by atoms with Crippen molar-refractivity contribution in [1.82, 2.24) is 20.1 Å². The summed E-state index contributed by atoms with van der Waals surface area (Å²) >= 11 is 0. The number of hydrogen-bond donors (Lipinski definition) is 2. The fourth-order valence-corrected chi connectivity index (χ4v) is 4.02. The Balaban J connectivity index is 1.43. The number of nitrogens with one attached hydrogen (secondary N) is 2. The zero-order valence-electron chi connectivity index (χ0n) is 19.1. The van der Waals surface area contributed by atoms with Crippen LogP contribution < -0.4 is 10.6 Å². The number of carbonyl (C=O) groups excluding carboxylic acids is 1. The number of hydrogen-bond acceptors (Lipinski definition) is 4. The molecule has 0 spiro atoms. The highest BCUT2D eigenvalue weighted by Crippen LogP contribution is 2.21. The zero-order chi connectivity index (χ0) is 24.1. The number of amides is 1. The molecule has 1 amide bonds. The molecule has 8 heteroatoms. The molecule has 2 unspecified atom stereocenters. The van der Waals surface area contributed by atoms with Crippen LogP contribution >= 0.6 is 0 Å². The van der Waals surface area contributed by atoms with Gasteiger partial charge in [0.05, 0.1) is 12.2 Å². The van der Waals surface area contributed by atoms with Gasteiger partial charge in [0.25, 0.3) is 0 Å². The van der Waals surface area contributed by atoms with Crippen LogP contribution in [0.15, 0.2) is 67.2 Å². The molecule has 6 nitrogen and oxygen atoms in total. The van der Waals surface area contributed by atoms with Gasteiger partial charge in [-0.05, 0) is 49.6 Å². The van der Waals surface area contributed by atoms with Crippen LogP contribution in [0.3, 0.4) is 0 Å². The molecule has 34 heavy (non-hydrogen) atoms. The SMILES string of the molecule is Cc1cc(F)c(CCNC(C(=O)Nc2ccc(-c3cnn(C)c3)cn2)C2C=CC=CC2)c(F)c1. The van der Waals surface area contributed by atoms with E-state index in [-0.39, 0.29) is 30.4 Å². The predicted octanol–water partition coefficient (Wildman–Crippen LogP) is 4.34. The summed E-state index contributed by atoms with van der Waals surface area (Å²) in [5.74, 6) is -1.06. The topological polar surface area (TPSA) is 71.8 Å². The van der Waals surface area contributed by atoms with Crippen molar-refractivity contribution in [3.8, 4) is 11.1 Å². The maximum Gasteiger partial charge on any atom is 0.243 e. The third-order valence-electron chi connectivity index (χ3n) is 5.80. The van der Waals surface area contributed by atoms with Crippen LogP contribution in [0, 0.1) is 24.5 Å². The standard InChI is InChI=1S/C26H27F2N5O/c1-17-12-22(27)21(23(28)13-17)10-11-29-25(18-6-4-3-5-7-18)26(34)32-24-9-8-19(14-30-24)20-15-31-33(2)16-20/h3-6,8-9,12-16,18,25,29H,7,10-11H2,1-2H3,(H,30,32,34). The molecule has 2 aromatic heterocycles. The highest BCUT2D eigenvalue weighted by Gasteiger charge is 2.27. The molecule has 2 atom stereocenters. The first-order valence-corrected chi connectivity index (χ1v) is 11.2. The normalized spacial score (nSPS) is 15.9. The number of nitrogens with zero attached hydrogens (tertiary/aromatic N) is 3. The summed E-state index contributed by atoms with van der Waals surface area (Å²) in [5.41, 5.74) is 2.37. The lowest BCUT2D eigenvalue weighted by Gasteiger charge is -2.25. The van der Waals surface area contributed by atoms with Gasteiger partial charge >= 0.3 is 0 Å². The van der Waals surface area contributed by atoms with Gasteiger partial charge in [-0.15, -0.1) is 0 Å². The molecule has 0 saturated heterocycles. The number of carbonyl (C=O) groups is 1. The molecule has 0 fully saturated rings. The molecule has 0 aliphatic heterocycles. The van der Waals surface area contributed by atoms with Crippen molar-refractivity contribution in [3.63, 3.8) is 0 Å². The van der Waals surface area contributed by atoms with Crippen molar-refractivity contribution in [1.29, 1.82) is 0 Å². The molecule has 1 aliphatic rings. The van der Waals surface area contributed by atoms with Crippen molar-refractivity contribution >= 4 is 11.7 Å². The average molecular weight is 464 g/mol. The molecule has 1 aromatic carbocycles. The van der Waals surface area contributed by atoms with E-state index in [9.17, 15) is 13.6 Å². The molecule has 0 saturated carbocycles. The summed E-state index contributed by atoms with van der Waals surface area (Å²) in [6, 6.07) is 5.66. The van der Waals surface area contributed by atoms with Crippen molar-refractivity contribution in [2.24, 2.45) is 13.0 Å². The van der Waals surface area contributed by atoms with Gasteiger partial charge in [-0.1, -0.05) is 24.3 Å². The highest BCUT2D eigenvalue weighted by molar-refractivity contribution is 5.94. The minimum absolute atomic E-state index is 0.0176. The lowest BCUT2D eigenvalue weighted by Crippen LogP contribution is -2.46. The average Bonchev–Trinajstić information content (AvgIpc) is 3.25. The van der Waals surface area contributed by atoms with Gasteiger partial charge in [0.1, 0.15) is 17.5 Å². The number of allylic oxidation sites excluding steroid dienone is 3. The fraction of sp³-hybridized carbons (Fsp3) is 0.269. The van der Waals surface area contributed by atoms with E-state index in [2.05, 4.69) is 20.7 Å². The van der Waals surface area contributed by atoms with Gasteiger partial charge in [0.2, 0.25) is 5.91 Å². The van der Waals surface area contributed by atoms with Gasteiger partial charge in [-0.3, -0.25) is 9.48 Å². The predicted molar refractivity (Wildman–Crippen MR) is 128 cm³/mol. The maximum absolute atomic E-state index is 14.2. The number of anilines is 1. The molecular weight excluding hydrogens is 436 g/mol. The van der Waals surface area contributed by atoms with Gasteiger partial charge < -0.3 is 10.6 Å². The molecule has 2 heterocycles. The summed E-state index contributed by atoms with van der Waals surface area (Å²) in [5, 5.41) is 10.2. The van der Waals surface area contributed by atoms with E-state index in [1.165, 1.54) is 12.1 Å². The fourth-order valence-electron chi connectivity index (χ4n) is 4.02. The minimum Gasteiger partial charge on any atom is -0.309 e. The van der Waals surface area contributed by atoms with Gasteiger partial charge in [0.15, 0.2) is 0 Å². The monoisotopic (exact) mass is 463 g/mol. The number of pyridine rings is 1. The van der Waals surface area contributed by atoms with Crippen molar-refractivity contribution in [3.05, 3.63) is 89.9 Å². The van der Waals surface area contributed by atoms with Crippen LogP contribution in [0.1, 0.15) is 17.5 Å². The second kappa shape index (κ2) is 10.5. The first-order chi connectivity index (χ1) is 16.4. The smallest absolute Gasteiger partial charge is 0.243 e. The molecular formula is C26H27F2N5O. The van der Waals surface area contributed by atoms with E-state index in [0.717, 1.165) is 11.1 Å². The van der Waals surface area contributed by atoms with E-state index >= 15 is 0 Å². The zero-order valence-corrected chi connectivity index (χ0v) is 19.1. The molecule has 0 radical (unpaired) electrons. The molecule has 0 bridgehead atoms. The van der Waals surface area contributed by atoms with E-state index in [1.54, 1.807) is 30.1 Å². The van der Waals surface area contributed by atoms with Crippen molar-refractivity contribution in [2.45, 2.75) is 25.8 Å². The number of aromatic nitrogens is 3. The number of halogens is 2. The summed E-state index contributed by atoms with van der Waals surface area (Å²) in [6.07, 6.45) is 13.9. The summed E-state index contributed by atoms with van der Waals surface area (Å²) in [7, 11) is 1.84. The quantitative estimate of drug-likeness (QED) is 0.521. The molecule has 1 aliphatic carbocycles. The largest absolute Gasteiger partial charge is 0.309 e. The third-order valence-corrected chi connectivity index (χ3v) is 5.80. The van der Waals surface area contributed by atoms with E-state index in [0.29, 0.717) is 17.8 Å². The summed E-state index contributed by atoms with van der Waals surface area (Å²) in [6.45, 7) is 1.89. The van der Waals surface area contributed by atoms with Gasteiger partial charge in [0, 0.05) is 48.6 Å². The van der Waals surface area contributed by atoms with E-state index < -0.39 is 17.7 Å². The third kappa shape index (κ3) is 5.63. The van der Waals surface area contributed by atoms with Crippen molar-refractivity contribution in [2.75, 3.05) is 11.9 Å². The van der Waals surface area contributed by atoms with Crippen LogP contribution in [0.4, 0.5) is 14.6 Å². The van der Waals surface area contributed by atoms with E-state index in [4.69, 9.17) is 0 Å². The van der Waals surface area contributed by atoms with Crippen LogP contribution in [0.5, 0.6) is 0 Å². The Bertz CT molecular complexity index is 1190. The minimum atomic E-state index is -0.586. The van der Waals surface area contributed by atoms with Crippen LogP contribution in [-0.4, -0.2) is 33.3 Å². The lowest BCUT2D eigenvalue weighted by atomic mass is 9.91. The Morgan fingerprint density at radius 1 is 1.18 bits per heavy atom. The lowest BCUT2D eigenvalue weighted by molar-refractivity contribution is -0.119. The molecule has 3 aromatic rings. The number of rotatable bonds is 8. The number of aryl methyl sites for hydroxylation is 2. The Kier molecular flexibility index (Phi) is 7.27. The molecule has 2 N–H and O–H groups in total. The molecule has 176 valence electrons. The van der Waals surface area contributed by atoms with Crippen LogP contribution in [-0.2, 0) is 18.3 Å². The first kappa shape index (κ1) is 23.5. The molecule has 4 rings (SSSR count). The maximum atomic E-state index is 14.2. The van der Waals surface area contributed by atoms with Crippen LogP contribution in [0.2, 0.25) is 0 Å². The second-order valence-corrected chi connectivity index (χ2v) is 8.43. The Morgan fingerprint density at radius 3 is 2.59 bits per heavy atom. The summed E-state index contributed by atoms with van der Waals surface area (Å²) in [4.78, 5) is 17.5. The van der Waals surface area contributed by atoms with Gasteiger partial charge in [-0.2, -0.15) is 5.10 Å².